The van der Waals surface area contributed by atoms with Gasteiger partial charge in [0.15, 0.2) is 5.16 Å². The first-order valence-corrected chi connectivity index (χ1v) is 11.6. The second-order valence-corrected chi connectivity index (χ2v) is 8.52. The first-order chi connectivity index (χ1) is 15.6. The number of rotatable bonds is 8. The lowest BCUT2D eigenvalue weighted by atomic mass is 10.2. The van der Waals surface area contributed by atoms with E-state index in [1.807, 2.05) is 28.8 Å². The van der Waals surface area contributed by atoms with Crippen molar-refractivity contribution >= 4 is 40.9 Å². The molecule has 8 nitrogen and oxygen atoms in total. The van der Waals surface area contributed by atoms with E-state index >= 15 is 0 Å². The molecule has 0 unspecified atom stereocenters. The zero-order valence-corrected chi connectivity index (χ0v) is 19.4. The highest BCUT2D eigenvalue weighted by Crippen LogP contribution is 2.33. The number of nitrogens with zero attached hydrogens (tertiary/aromatic N) is 4. The summed E-state index contributed by atoms with van der Waals surface area (Å²) in [5.41, 5.74) is 1.33. The molecule has 1 aliphatic rings. The molecule has 1 aromatic heterocycles. The van der Waals surface area contributed by atoms with Crippen LogP contribution in [0.25, 0.3) is 5.69 Å². The molecule has 0 atom stereocenters. The van der Waals surface area contributed by atoms with Gasteiger partial charge in [-0.05, 0) is 37.1 Å². The molecular weight excluding hydrogens is 450 g/mol. The van der Waals surface area contributed by atoms with E-state index in [1.54, 1.807) is 32.4 Å². The number of thioether (sulfide) groups is 1. The summed E-state index contributed by atoms with van der Waals surface area (Å²) in [6.45, 7) is 1.84. The van der Waals surface area contributed by atoms with Crippen molar-refractivity contribution in [2.75, 3.05) is 43.3 Å². The van der Waals surface area contributed by atoms with Crippen LogP contribution in [-0.2, 0) is 4.79 Å². The van der Waals surface area contributed by atoms with E-state index in [4.69, 9.17) is 21.1 Å². The van der Waals surface area contributed by atoms with Gasteiger partial charge >= 0.3 is 0 Å². The molecule has 0 bridgehead atoms. The molecule has 3 aromatic rings. The lowest BCUT2D eigenvalue weighted by Gasteiger charge is -2.19. The number of para-hydroxylation sites is 1. The maximum atomic E-state index is 12.7. The summed E-state index contributed by atoms with van der Waals surface area (Å²) in [6, 6.07) is 12.8. The van der Waals surface area contributed by atoms with Gasteiger partial charge in [-0.1, -0.05) is 35.5 Å². The lowest BCUT2D eigenvalue weighted by molar-refractivity contribution is -0.113. The highest BCUT2D eigenvalue weighted by molar-refractivity contribution is 7.99. The van der Waals surface area contributed by atoms with Crippen molar-refractivity contribution in [2.45, 2.75) is 18.0 Å². The van der Waals surface area contributed by atoms with Crippen molar-refractivity contribution in [3.8, 4) is 17.2 Å². The summed E-state index contributed by atoms with van der Waals surface area (Å²) < 4.78 is 12.5. The van der Waals surface area contributed by atoms with Crippen LogP contribution < -0.4 is 19.7 Å². The van der Waals surface area contributed by atoms with Crippen LogP contribution in [0.4, 0.5) is 11.6 Å². The number of carbonyl (C=O) groups is 1. The highest BCUT2D eigenvalue weighted by atomic mass is 35.5. The molecule has 1 fully saturated rings. The van der Waals surface area contributed by atoms with Crippen molar-refractivity contribution in [2.24, 2.45) is 0 Å². The van der Waals surface area contributed by atoms with Crippen molar-refractivity contribution in [3.05, 3.63) is 47.5 Å². The zero-order valence-electron chi connectivity index (χ0n) is 17.9. The molecule has 1 aliphatic heterocycles. The first kappa shape index (κ1) is 22.3. The van der Waals surface area contributed by atoms with Gasteiger partial charge in [-0.2, -0.15) is 0 Å². The fourth-order valence-electron chi connectivity index (χ4n) is 3.55. The van der Waals surface area contributed by atoms with Gasteiger partial charge in [-0.15, -0.1) is 10.2 Å². The highest BCUT2D eigenvalue weighted by Gasteiger charge is 2.24. The van der Waals surface area contributed by atoms with Gasteiger partial charge in [0.1, 0.15) is 11.5 Å². The van der Waals surface area contributed by atoms with Gasteiger partial charge < -0.3 is 19.7 Å². The Bertz CT molecular complexity index is 1100. The number of methoxy groups -OCH3 is 2. The Morgan fingerprint density at radius 2 is 1.91 bits per heavy atom. The molecule has 1 N–H and O–H groups in total. The number of hydrogen-bond donors (Lipinski definition) is 1. The quantitative estimate of drug-likeness (QED) is 0.489. The van der Waals surface area contributed by atoms with Crippen LogP contribution in [0.15, 0.2) is 47.6 Å². The van der Waals surface area contributed by atoms with E-state index in [-0.39, 0.29) is 11.7 Å². The molecule has 1 amide bonds. The number of amides is 1. The van der Waals surface area contributed by atoms with Gasteiger partial charge in [-0.3, -0.25) is 9.36 Å². The largest absolute Gasteiger partial charge is 0.497 e. The average molecular weight is 474 g/mol. The third kappa shape index (κ3) is 4.78. The molecule has 1 saturated heterocycles. The van der Waals surface area contributed by atoms with Crippen molar-refractivity contribution in [1.29, 1.82) is 0 Å². The number of benzene rings is 2. The Morgan fingerprint density at radius 3 is 2.62 bits per heavy atom. The van der Waals surface area contributed by atoms with Gasteiger partial charge in [0, 0.05) is 19.2 Å². The molecular formula is C22H24ClN5O3S. The van der Waals surface area contributed by atoms with Gasteiger partial charge in [0.05, 0.1) is 36.4 Å². The SMILES string of the molecule is COc1ccc(OC)c(NC(=O)CSc2nnc(N3CCCC3)n2-c2ccccc2Cl)c1. The van der Waals surface area contributed by atoms with Crippen LogP contribution in [0.2, 0.25) is 5.02 Å². The molecule has 0 spiro atoms. The fourth-order valence-corrected chi connectivity index (χ4v) is 4.51. The van der Waals surface area contributed by atoms with Crippen LogP contribution in [0.1, 0.15) is 12.8 Å². The second-order valence-electron chi connectivity index (χ2n) is 7.17. The maximum absolute atomic E-state index is 12.7. The topological polar surface area (TPSA) is 81.5 Å². The van der Waals surface area contributed by atoms with Gasteiger partial charge in [0.25, 0.3) is 0 Å². The summed E-state index contributed by atoms with van der Waals surface area (Å²) in [4.78, 5) is 14.9. The summed E-state index contributed by atoms with van der Waals surface area (Å²) in [7, 11) is 3.13. The van der Waals surface area contributed by atoms with Crippen LogP contribution in [-0.4, -0.2) is 53.7 Å². The Labute approximate surface area is 195 Å². The van der Waals surface area contributed by atoms with Crippen molar-refractivity contribution < 1.29 is 14.3 Å². The van der Waals surface area contributed by atoms with Gasteiger partial charge in [-0.25, -0.2) is 0 Å². The second kappa shape index (κ2) is 10.1. The molecule has 0 saturated carbocycles. The molecule has 32 heavy (non-hydrogen) atoms. The van der Waals surface area contributed by atoms with E-state index < -0.39 is 0 Å². The zero-order chi connectivity index (χ0) is 22.5. The molecule has 2 heterocycles. The third-order valence-corrected chi connectivity index (χ3v) is 6.36. The van der Waals surface area contributed by atoms with E-state index in [9.17, 15) is 4.79 Å². The molecule has 4 rings (SSSR count). The Hall–Kier alpha value is -2.91. The average Bonchev–Trinajstić information content (AvgIpc) is 3.48. The van der Waals surface area contributed by atoms with Crippen LogP contribution in [0, 0.1) is 0 Å². The molecule has 10 heteroatoms. The number of hydrogen-bond acceptors (Lipinski definition) is 7. The standard InChI is InChI=1S/C22H24ClN5O3S/c1-30-15-9-10-19(31-2)17(13-15)24-20(29)14-32-22-26-25-21(27-11-5-6-12-27)28(22)18-8-4-3-7-16(18)23/h3-4,7-10,13H,5-6,11-12,14H2,1-2H3,(H,24,29). The van der Waals surface area contributed by atoms with E-state index in [0.717, 1.165) is 37.6 Å². The monoisotopic (exact) mass is 473 g/mol. The summed E-state index contributed by atoms with van der Waals surface area (Å²) in [5, 5.41) is 12.9. The molecule has 0 radical (unpaired) electrons. The predicted molar refractivity (Wildman–Crippen MR) is 127 cm³/mol. The van der Waals surface area contributed by atoms with Crippen LogP contribution >= 0.6 is 23.4 Å². The molecule has 168 valence electrons. The minimum absolute atomic E-state index is 0.142. The van der Waals surface area contributed by atoms with Crippen LogP contribution in [0.5, 0.6) is 11.5 Å². The Balaban J connectivity index is 1.55. The predicted octanol–water partition coefficient (Wildman–Crippen LogP) is 4.27. The Kier molecular flexibility index (Phi) is 7.06. The number of aromatic nitrogens is 3. The number of anilines is 2. The maximum Gasteiger partial charge on any atom is 0.234 e. The van der Waals surface area contributed by atoms with Crippen LogP contribution in [0.3, 0.4) is 0 Å². The summed E-state index contributed by atoms with van der Waals surface area (Å²) in [6.07, 6.45) is 2.23. The molecule has 0 aliphatic carbocycles. The first-order valence-electron chi connectivity index (χ1n) is 10.2. The summed E-state index contributed by atoms with van der Waals surface area (Å²) >= 11 is 7.79. The van der Waals surface area contributed by atoms with E-state index in [2.05, 4.69) is 20.4 Å². The number of ether oxygens (including phenoxy) is 2. The smallest absolute Gasteiger partial charge is 0.234 e. The number of nitrogens with one attached hydrogen (secondary N) is 1. The minimum atomic E-state index is -0.196. The lowest BCUT2D eigenvalue weighted by Crippen LogP contribution is -2.22. The van der Waals surface area contributed by atoms with Gasteiger partial charge in [0.2, 0.25) is 11.9 Å². The minimum Gasteiger partial charge on any atom is -0.497 e. The Morgan fingerprint density at radius 1 is 1.12 bits per heavy atom. The number of carbonyl (C=O) groups excluding carboxylic acids is 1. The van der Waals surface area contributed by atoms with Crippen molar-refractivity contribution in [1.82, 2.24) is 14.8 Å². The van der Waals surface area contributed by atoms with Crippen molar-refractivity contribution in [3.63, 3.8) is 0 Å². The van der Waals surface area contributed by atoms with E-state index in [0.29, 0.717) is 27.4 Å². The third-order valence-electron chi connectivity index (χ3n) is 5.11. The van der Waals surface area contributed by atoms with E-state index in [1.165, 1.54) is 11.8 Å². The molecule has 2 aromatic carbocycles. The number of halogens is 1. The summed E-state index contributed by atoms with van der Waals surface area (Å²) in [5.74, 6) is 1.87. The fraction of sp³-hybridized carbons (Fsp3) is 0.318. The normalized spacial score (nSPS) is 13.3.